The number of hydrogen-bond donors (Lipinski definition) is 0. The van der Waals surface area contributed by atoms with Gasteiger partial charge in [-0.2, -0.15) is 0 Å². The summed E-state index contributed by atoms with van der Waals surface area (Å²) >= 11 is 0. The summed E-state index contributed by atoms with van der Waals surface area (Å²) in [7, 11) is 25.0. The molecule has 0 aromatic rings. The van der Waals surface area contributed by atoms with Gasteiger partial charge in [0.15, 0.2) is 0 Å². The van der Waals surface area contributed by atoms with E-state index in [1.165, 1.54) is 25.9 Å². The molecule has 1 aliphatic rings. The predicted molar refractivity (Wildman–Crippen MR) is 67.2 cm³/mol. The molecule has 1 aliphatic heterocycles. The Morgan fingerprint density at radius 3 is 1.15 bits per heavy atom. The summed E-state index contributed by atoms with van der Waals surface area (Å²) in [6.07, 6.45) is 2.70. The van der Waals surface area contributed by atoms with Crippen molar-refractivity contribution in [2.45, 2.75) is 12.8 Å². The van der Waals surface area contributed by atoms with E-state index in [1.54, 1.807) is 0 Å². The Balaban J connectivity index is 0.000000223. The van der Waals surface area contributed by atoms with Crippen LogP contribution in [-0.4, -0.2) is 33.5 Å². The molecule has 1 fully saturated rings. The van der Waals surface area contributed by atoms with Gasteiger partial charge in [-0.15, -0.1) is 0 Å². The second-order valence-electron chi connectivity index (χ2n) is 2.78. The van der Waals surface area contributed by atoms with Gasteiger partial charge in [-0.25, -0.2) is 4.58 Å². The van der Waals surface area contributed by atoms with Crippen LogP contribution >= 0.6 is 53.0 Å². The summed E-state index contributed by atoms with van der Waals surface area (Å²) in [5.74, 6) is 0. The molecule has 0 atom stereocenters. The average molecular weight is 419 g/mol. The van der Waals surface area contributed by atoms with E-state index in [-0.39, 0.29) is 0 Å². The van der Waals surface area contributed by atoms with E-state index in [0.717, 1.165) is 0 Å². The zero-order chi connectivity index (χ0) is 10.8. The van der Waals surface area contributed by atoms with Crippen molar-refractivity contribution >= 4 is 68.8 Å². The molecule has 0 amide bonds. The van der Waals surface area contributed by atoms with Crippen molar-refractivity contribution in [2.24, 2.45) is 0 Å². The van der Waals surface area contributed by atoms with Crippen LogP contribution in [0.25, 0.3) is 0 Å². The summed E-state index contributed by atoms with van der Waals surface area (Å²) in [5.41, 5.74) is 0. The molecule has 13 heavy (non-hydrogen) atoms. The Morgan fingerprint density at radius 2 is 1.08 bits per heavy atom. The maximum absolute atomic E-state index is 5.42. The van der Waals surface area contributed by atoms with Gasteiger partial charge >= 0.3 is 62.1 Å². The fourth-order valence-corrected chi connectivity index (χ4v) is 0.783. The van der Waals surface area contributed by atoms with Crippen LogP contribution in [0.4, 0.5) is 0 Å². The van der Waals surface area contributed by atoms with E-state index in [0.29, 0.717) is 0 Å². The molecule has 1 rings (SSSR count). The molecule has 1 nitrogen and oxygen atoms in total. The van der Waals surface area contributed by atoms with E-state index in [2.05, 4.69) is 11.3 Å². The minimum atomic E-state index is -5.42. The maximum atomic E-state index is 5.06. The Morgan fingerprint density at radius 1 is 0.846 bits per heavy atom. The van der Waals surface area contributed by atoms with Gasteiger partial charge < -0.3 is 0 Å². The third-order valence-electron chi connectivity index (χ3n) is 1.20. The monoisotopic (exact) mass is 415 g/mol. The number of hydrogen-bond acceptors (Lipinski definition) is 0. The first-order chi connectivity index (χ1) is 5.34. The minimum absolute atomic E-state index is 1.21. The molecule has 1 saturated heterocycles. The molecular weight excluding hydrogens is 409 g/mol. The molecule has 0 spiro atoms. The van der Waals surface area contributed by atoms with Crippen LogP contribution in [0.15, 0.2) is 0 Å². The van der Waals surface area contributed by atoms with Crippen LogP contribution in [0.1, 0.15) is 12.8 Å². The standard InChI is InChI=1S/C5H10N.6ClH.Sb/c1-6-4-2-3-5-6;;;;;;;/h1-5H2;6*1H;/q+1;;;;;;;+5/p-6. The first-order valence-electron chi connectivity index (χ1n) is 3.46. The molecule has 0 aromatic heterocycles. The predicted octanol–water partition coefficient (Wildman–Crippen LogP) is 4.25. The Labute approximate surface area is 98.0 Å². The topological polar surface area (TPSA) is 3.01 Å². The Kier molecular flexibility index (Phi) is 4.97. The normalized spacial score (nSPS) is 22.8. The number of rotatable bonds is 0. The quantitative estimate of drug-likeness (QED) is 0.409. The molecule has 0 aliphatic carbocycles. The molecule has 1 heterocycles. The molecule has 0 radical (unpaired) electrons. The van der Waals surface area contributed by atoms with E-state index < -0.39 is 9.14 Å². The third kappa shape index (κ3) is 25.0. The van der Waals surface area contributed by atoms with E-state index >= 15 is 0 Å². The SMILES string of the molecule is C=[N+]1CCCC1.[Cl][Sb-]([Cl])([Cl])([Cl])([Cl])[Cl]. The second kappa shape index (κ2) is 4.24. The van der Waals surface area contributed by atoms with E-state index in [4.69, 9.17) is 53.0 Å². The van der Waals surface area contributed by atoms with Gasteiger partial charge in [0, 0.05) is 12.8 Å². The number of nitrogens with zero attached hydrogens (tertiary/aromatic N) is 1. The zero-order valence-electron chi connectivity index (χ0n) is 6.70. The summed E-state index contributed by atoms with van der Waals surface area (Å²) in [4.78, 5) is 0. The average Bonchev–Trinajstić information content (AvgIpc) is 2.07. The van der Waals surface area contributed by atoms with Gasteiger partial charge in [0.2, 0.25) is 0 Å². The molecule has 0 saturated carbocycles. The van der Waals surface area contributed by atoms with Crippen LogP contribution in [0.2, 0.25) is 0 Å². The number of halogens is 6. The molecule has 0 unspecified atom stereocenters. The van der Waals surface area contributed by atoms with Crippen LogP contribution in [0.5, 0.6) is 0 Å². The van der Waals surface area contributed by atoms with Crippen LogP contribution in [-0.2, 0) is 0 Å². The van der Waals surface area contributed by atoms with E-state index in [9.17, 15) is 0 Å². The van der Waals surface area contributed by atoms with Crippen molar-refractivity contribution in [3.63, 3.8) is 0 Å². The molecule has 0 aromatic carbocycles. The van der Waals surface area contributed by atoms with Gasteiger partial charge in [-0.05, 0) is 0 Å². The summed E-state index contributed by atoms with van der Waals surface area (Å²) in [6.45, 7) is 6.19. The fraction of sp³-hybridized carbons (Fsp3) is 0.800. The Hall–Kier alpha value is 2.23. The zero-order valence-corrected chi connectivity index (χ0v) is 13.8. The molecule has 82 valence electrons. The van der Waals surface area contributed by atoms with Crippen LogP contribution < -0.4 is 0 Å². The summed E-state index contributed by atoms with van der Waals surface area (Å²) in [6, 6.07) is 0. The van der Waals surface area contributed by atoms with Crippen molar-refractivity contribution in [2.75, 3.05) is 13.1 Å². The second-order valence-corrected chi connectivity index (χ2v) is 59.7. The fourth-order valence-electron chi connectivity index (χ4n) is 0.783. The first kappa shape index (κ1) is 15.2. The van der Waals surface area contributed by atoms with Gasteiger partial charge in [0.25, 0.3) is 0 Å². The van der Waals surface area contributed by atoms with Crippen LogP contribution in [0.3, 0.4) is 0 Å². The molecular formula is C5H10Cl6NSb. The molecule has 0 N–H and O–H groups in total. The van der Waals surface area contributed by atoms with Gasteiger partial charge in [0.05, 0.1) is 0 Å². The van der Waals surface area contributed by atoms with Crippen molar-refractivity contribution in [1.29, 1.82) is 0 Å². The molecule has 0 bridgehead atoms. The van der Waals surface area contributed by atoms with Crippen molar-refractivity contribution < 1.29 is 4.58 Å². The summed E-state index contributed by atoms with van der Waals surface area (Å²) in [5, 5.41) is 0. The van der Waals surface area contributed by atoms with Crippen molar-refractivity contribution in [3.8, 4) is 0 Å². The van der Waals surface area contributed by atoms with Gasteiger partial charge in [-0.3, -0.25) is 0 Å². The molecule has 8 heteroatoms. The third-order valence-corrected chi connectivity index (χ3v) is 1.20. The first-order valence-corrected chi connectivity index (χ1v) is 22.9. The summed E-state index contributed by atoms with van der Waals surface area (Å²) < 4.78 is 2.11. The Bertz CT molecular complexity index is 183. The van der Waals surface area contributed by atoms with Crippen LogP contribution in [0, 0.1) is 0 Å². The van der Waals surface area contributed by atoms with Crippen molar-refractivity contribution in [1.82, 2.24) is 0 Å². The van der Waals surface area contributed by atoms with Crippen molar-refractivity contribution in [3.05, 3.63) is 0 Å². The van der Waals surface area contributed by atoms with E-state index in [1.807, 2.05) is 0 Å². The van der Waals surface area contributed by atoms with Gasteiger partial charge in [-0.1, -0.05) is 0 Å². The van der Waals surface area contributed by atoms with Gasteiger partial charge in [0.1, 0.15) is 19.8 Å².